The van der Waals surface area contributed by atoms with E-state index in [0.29, 0.717) is 13.1 Å². The molecule has 6 rings (SSSR count). The highest BCUT2D eigenvalue weighted by Crippen LogP contribution is 2.51. The highest BCUT2D eigenvalue weighted by molar-refractivity contribution is 7.86. The van der Waals surface area contributed by atoms with Crippen molar-refractivity contribution in [3.63, 3.8) is 0 Å². The molecule has 8 nitrogen and oxygen atoms in total. The van der Waals surface area contributed by atoms with Gasteiger partial charge in [0.1, 0.15) is 6.54 Å². The summed E-state index contributed by atoms with van der Waals surface area (Å²) in [5.74, 6) is -0.611. The van der Waals surface area contributed by atoms with Crippen LogP contribution in [0.15, 0.2) is 121 Å². The minimum absolute atomic E-state index is 0.286. The van der Waals surface area contributed by atoms with Crippen molar-refractivity contribution >= 4 is 58.9 Å². The molecule has 2 heterocycles. The van der Waals surface area contributed by atoms with Crippen molar-refractivity contribution < 1.29 is 30.5 Å². The number of anilines is 1. The van der Waals surface area contributed by atoms with E-state index in [1.54, 1.807) is 0 Å². The third-order valence-corrected chi connectivity index (χ3v) is 11.6. The Morgan fingerprint density at radius 1 is 0.667 bits per heavy atom. The average Bonchev–Trinajstić information content (AvgIpc) is 3.41. The van der Waals surface area contributed by atoms with Crippen molar-refractivity contribution in [2.75, 3.05) is 29.5 Å². The summed E-state index contributed by atoms with van der Waals surface area (Å²) in [4.78, 5) is 2.16. The van der Waals surface area contributed by atoms with Gasteiger partial charge in [-0.25, -0.2) is 0 Å². The maximum atomic E-state index is 11.5. The second kappa shape index (κ2) is 14.0. The standard InChI is InChI=1S/C41H44N2O6S2/c1-40(2)36(42(26-14-28-50(44,45)46)34-24-22-30-16-10-12-18-32(30)38(34)40)20-8-6-5-7-9-21-37-41(3,4)39-33-19-13-11-17-31(33)23-25-35(39)43(37)27-15-29-51(47,48)49/h5-13,16-25H,14-15,26-29H2,1-4H3,(H-,44,45,46,47,48,49)/p+1. The quantitative estimate of drug-likeness (QED) is 0.0859. The van der Waals surface area contributed by atoms with Crippen molar-refractivity contribution in [2.24, 2.45) is 0 Å². The normalized spacial score (nSPS) is 18.0. The van der Waals surface area contributed by atoms with Crippen LogP contribution in [-0.2, 0) is 31.1 Å². The maximum Gasteiger partial charge on any atom is 0.265 e. The molecule has 0 aromatic heterocycles. The van der Waals surface area contributed by atoms with Crippen molar-refractivity contribution in [2.45, 2.75) is 51.4 Å². The van der Waals surface area contributed by atoms with Crippen LogP contribution in [0.5, 0.6) is 0 Å². The van der Waals surface area contributed by atoms with Crippen LogP contribution in [0.4, 0.5) is 11.4 Å². The van der Waals surface area contributed by atoms with Gasteiger partial charge < -0.3 is 4.90 Å². The molecule has 0 amide bonds. The fourth-order valence-electron chi connectivity index (χ4n) is 7.85. The predicted molar refractivity (Wildman–Crippen MR) is 209 cm³/mol. The van der Waals surface area contributed by atoms with Gasteiger partial charge in [0.05, 0.1) is 16.9 Å². The van der Waals surface area contributed by atoms with E-state index in [4.69, 9.17) is 0 Å². The lowest BCUT2D eigenvalue weighted by Gasteiger charge is -2.27. The van der Waals surface area contributed by atoms with E-state index in [1.807, 2.05) is 54.6 Å². The average molecular weight is 726 g/mol. The lowest BCUT2D eigenvalue weighted by Crippen LogP contribution is -2.28. The molecule has 0 unspecified atom stereocenters. The van der Waals surface area contributed by atoms with Crippen LogP contribution in [0.2, 0.25) is 0 Å². The Hall–Kier alpha value is -4.35. The van der Waals surface area contributed by atoms with E-state index < -0.39 is 20.2 Å². The first kappa shape index (κ1) is 36.4. The molecule has 0 bridgehead atoms. The second-order valence-electron chi connectivity index (χ2n) is 14.3. The van der Waals surface area contributed by atoms with Gasteiger partial charge in [-0.05, 0) is 65.6 Å². The number of hydrogen-bond donors (Lipinski definition) is 2. The topological polar surface area (TPSA) is 115 Å². The number of fused-ring (bicyclic) bond motifs is 6. The molecule has 0 atom stereocenters. The summed E-state index contributed by atoms with van der Waals surface area (Å²) >= 11 is 0. The molecule has 0 saturated heterocycles. The molecular weight excluding hydrogens is 681 g/mol. The molecule has 51 heavy (non-hydrogen) atoms. The van der Waals surface area contributed by atoms with E-state index in [0.717, 1.165) is 44.3 Å². The Morgan fingerprint density at radius 2 is 1.24 bits per heavy atom. The minimum atomic E-state index is -4.07. The first-order chi connectivity index (χ1) is 24.1. The summed E-state index contributed by atoms with van der Waals surface area (Å²) < 4.78 is 67.0. The van der Waals surface area contributed by atoms with Gasteiger partial charge in [-0.15, -0.1) is 0 Å². The number of rotatable bonds is 12. The largest absolute Gasteiger partial charge is 0.344 e. The molecule has 0 spiro atoms. The van der Waals surface area contributed by atoms with Gasteiger partial charge in [-0.1, -0.05) is 98.8 Å². The number of nitrogens with zero attached hydrogens (tertiary/aromatic N) is 2. The molecule has 0 radical (unpaired) electrons. The van der Waals surface area contributed by atoms with Crippen LogP contribution >= 0.6 is 0 Å². The van der Waals surface area contributed by atoms with Crippen LogP contribution in [-0.4, -0.2) is 60.8 Å². The van der Waals surface area contributed by atoms with Gasteiger partial charge >= 0.3 is 0 Å². The lowest BCUT2D eigenvalue weighted by molar-refractivity contribution is -0.437. The first-order valence-electron chi connectivity index (χ1n) is 17.2. The van der Waals surface area contributed by atoms with E-state index in [2.05, 4.69) is 97.9 Å². The molecule has 10 heteroatoms. The monoisotopic (exact) mass is 725 g/mol. The van der Waals surface area contributed by atoms with Crippen LogP contribution < -0.4 is 4.90 Å². The Morgan fingerprint density at radius 3 is 1.90 bits per heavy atom. The molecule has 2 N–H and O–H groups in total. The van der Waals surface area contributed by atoms with Gasteiger partial charge in [0.15, 0.2) is 5.71 Å². The van der Waals surface area contributed by atoms with Gasteiger partial charge in [-0.3, -0.25) is 9.11 Å². The fraction of sp³-hybridized carbons (Fsp3) is 0.293. The lowest BCUT2D eigenvalue weighted by atomic mass is 9.79. The zero-order valence-corrected chi connectivity index (χ0v) is 31.1. The highest BCUT2D eigenvalue weighted by atomic mass is 32.2. The Bertz CT molecular complexity index is 2380. The summed E-state index contributed by atoms with van der Waals surface area (Å²) in [6.07, 6.45) is 14.6. The fourth-order valence-corrected chi connectivity index (χ4v) is 8.84. The Balaban J connectivity index is 1.27. The van der Waals surface area contributed by atoms with Gasteiger partial charge in [-0.2, -0.15) is 21.4 Å². The molecule has 0 aliphatic carbocycles. The zero-order valence-electron chi connectivity index (χ0n) is 29.5. The zero-order chi connectivity index (χ0) is 36.6. The summed E-state index contributed by atoms with van der Waals surface area (Å²) in [5, 5.41) is 4.61. The third-order valence-electron chi connectivity index (χ3n) is 10.0. The number of benzene rings is 4. The van der Waals surface area contributed by atoms with Crippen LogP contribution in [0, 0.1) is 0 Å². The molecule has 2 aliphatic heterocycles. The van der Waals surface area contributed by atoms with Gasteiger partial charge in [0.25, 0.3) is 20.2 Å². The SMILES string of the molecule is CC1(C)C(=CC=CC=CC=CC2=[N+](CCCS(=O)(=O)O)c3ccc4ccccc4c3C2(C)C)N(CCCS(=O)(=O)O)c2ccc3ccccc3c21. The molecule has 0 saturated carbocycles. The Kier molecular flexibility index (Phi) is 10.00. The van der Waals surface area contributed by atoms with E-state index in [-0.39, 0.29) is 35.2 Å². The smallest absolute Gasteiger partial charge is 0.265 e. The summed E-state index contributed by atoms with van der Waals surface area (Å²) in [6.45, 7) is 9.62. The summed E-state index contributed by atoms with van der Waals surface area (Å²) in [5.41, 5.74) is 5.83. The summed E-state index contributed by atoms with van der Waals surface area (Å²) in [7, 11) is -8.14. The molecule has 0 fully saturated rings. The third kappa shape index (κ3) is 7.51. The van der Waals surface area contributed by atoms with Crippen LogP contribution in [0.1, 0.15) is 51.7 Å². The van der Waals surface area contributed by atoms with E-state index in [1.165, 1.54) is 11.1 Å². The predicted octanol–water partition coefficient (Wildman–Crippen LogP) is 8.28. The van der Waals surface area contributed by atoms with Crippen molar-refractivity contribution in [3.05, 3.63) is 132 Å². The van der Waals surface area contributed by atoms with Gasteiger partial charge in [0.2, 0.25) is 5.69 Å². The molecule has 4 aromatic rings. The Labute approximate surface area is 301 Å². The van der Waals surface area contributed by atoms with E-state index >= 15 is 0 Å². The van der Waals surface area contributed by atoms with Crippen LogP contribution in [0.3, 0.4) is 0 Å². The van der Waals surface area contributed by atoms with Crippen molar-refractivity contribution in [1.82, 2.24) is 0 Å². The second-order valence-corrected chi connectivity index (χ2v) is 17.4. The molecule has 266 valence electrons. The number of hydrogen-bond acceptors (Lipinski definition) is 5. The van der Waals surface area contributed by atoms with E-state index in [9.17, 15) is 25.9 Å². The number of allylic oxidation sites excluding steroid dienone is 8. The minimum Gasteiger partial charge on any atom is -0.344 e. The molecular formula is C41H45N2O6S2+. The van der Waals surface area contributed by atoms with Crippen LogP contribution in [0.25, 0.3) is 21.5 Å². The molecule has 4 aromatic carbocycles. The molecule has 2 aliphatic rings. The first-order valence-corrected chi connectivity index (χ1v) is 20.4. The van der Waals surface area contributed by atoms with Crippen molar-refractivity contribution in [3.8, 4) is 0 Å². The van der Waals surface area contributed by atoms with Gasteiger partial charge in [0, 0.05) is 47.5 Å². The summed E-state index contributed by atoms with van der Waals surface area (Å²) in [6, 6.07) is 24.9. The highest BCUT2D eigenvalue weighted by Gasteiger charge is 2.45. The maximum absolute atomic E-state index is 11.5. The van der Waals surface area contributed by atoms with Crippen molar-refractivity contribution in [1.29, 1.82) is 0 Å².